The number of nitrogens with one attached hydrogen (secondary N) is 2. The summed E-state index contributed by atoms with van der Waals surface area (Å²) in [6, 6.07) is 27.4. The van der Waals surface area contributed by atoms with Gasteiger partial charge in [-0.3, -0.25) is 19.9 Å². The van der Waals surface area contributed by atoms with Crippen molar-refractivity contribution in [3.8, 4) is 11.1 Å². The second-order valence-corrected chi connectivity index (χ2v) is 8.73. The lowest BCUT2D eigenvalue weighted by atomic mass is 9.94. The van der Waals surface area contributed by atoms with Gasteiger partial charge in [0.15, 0.2) is 0 Å². The van der Waals surface area contributed by atoms with Crippen LogP contribution in [0.4, 0.5) is 5.69 Å². The molecule has 0 saturated carbocycles. The number of nitrogens with two attached hydrogens (primary N) is 1. The highest BCUT2D eigenvalue weighted by atomic mass is 16.2. The smallest absolute Gasteiger partial charge is 0.261 e. The second kappa shape index (κ2) is 9.43. The maximum atomic E-state index is 13.0. The number of carbonyl (C=O) groups excluding carboxylic acids is 2. The molecule has 4 N–H and O–H groups in total. The van der Waals surface area contributed by atoms with Crippen LogP contribution in [-0.2, 0) is 6.42 Å². The number of carbonyl (C=O) groups is 2. The van der Waals surface area contributed by atoms with Crippen molar-refractivity contribution < 1.29 is 9.59 Å². The van der Waals surface area contributed by atoms with E-state index in [4.69, 9.17) is 11.1 Å². The SMILES string of the molecule is N=C(N)Cc1ccc(-c2ccc(NCCCN3C(=O)c4cccc5cccc(c45)C3=O)cc2)cc1. The van der Waals surface area contributed by atoms with E-state index in [0.29, 0.717) is 37.1 Å². The zero-order chi connectivity index (χ0) is 24.4. The Morgan fingerprint density at radius 1 is 0.800 bits per heavy atom. The Labute approximate surface area is 203 Å². The highest BCUT2D eigenvalue weighted by Crippen LogP contribution is 2.30. The quantitative estimate of drug-likeness (QED) is 0.147. The van der Waals surface area contributed by atoms with Crippen molar-refractivity contribution in [2.75, 3.05) is 18.4 Å². The molecule has 5 rings (SSSR count). The summed E-state index contributed by atoms with van der Waals surface area (Å²) in [4.78, 5) is 27.3. The van der Waals surface area contributed by atoms with E-state index in [1.54, 1.807) is 12.1 Å². The van der Waals surface area contributed by atoms with Crippen LogP contribution in [0, 0.1) is 5.41 Å². The number of benzene rings is 4. The molecule has 6 heteroatoms. The highest BCUT2D eigenvalue weighted by molar-refractivity contribution is 6.25. The monoisotopic (exact) mass is 462 g/mol. The number of amides is 2. The van der Waals surface area contributed by atoms with Gasteiger partial charge in [-0.25, -0.2) is 0 Å². The van der Waals surface area contributed by atoms with Gasteiger partial charge in [0, 0.05) is 41.7 Å². The molecule has 0 aliphatic carbocycles. The first-order chi connectivity index (χ1) is 17.0. The Morgan fingerprint density at radius 2 is 1.37 bits per heavy atom. The van der Waals surface area contributed by atoms with Crippen LogP contribution in [0.2, 0.25) is 0 Å². The normalized spacial score (nSPS) is 12.7. The number of anilines is 1. The molecule has 0 unspecified atom stereocenters. The minimum absolute atomic E-state index is 0.157. The first kappa shape index (κ1) is 22.3. The van der Waals surface area contributed by atoms with Gasteiger partial charge in [-0.15, -0.1) is 0 Å². The summed E-state index contributed by atoms with van der Waals surface area (Å²) in [6.45, 7) is 1.00. The van der Waals surface area contributed by atoms with Crippen molar-refractivity contribution in [1.29, 1.82) is 5.41 Å². The largest absolute Gasteiger partial charge is 0.387 e. The lowest BCUT2D eigenvalue weighted by Gasteiger charge is -2.27. The molecule has 1 aliphatic rings. The number of imide groups is 1. The molecule has 0 saturated heterocycles. The lowest BCUT2D eigenvalue weighted by Crippen LogP contribution is -2.41. The summed E-state index contributed by atoms with van der Waals surface area (Å²) in [5, 5.41) is 12.5. The predicted molar refractivity (Wildman–Crippen MR) is 140 cm³/mol. The molecule has 4 aromatic carbocycles. The Bertz CT molecular complexity index is 1380. The fraction of sp³-hybridized carbons (Fsp3) is 0.138. The molecule has 0 spiro atoms. The van der Waals surface area contributed by atoms with Crippen molar-refractivity contribution in [1.82, 2.24) is 4.90 Å². The number of hydrogen-bond acceptors (Lipinski definition) is 4. The van der Waals surface area contributed by atoms with E-state index in [1.807, 2.05) is 60.7 Å². The summed E-state index contributed by atoms with van der Waals surface area (Å²) < 4.78 is 0. The topological polar surface area (TPSA) is 99.3 Å². The molecule has 6 nitrogen and oxygen atoms in total. The molecular weight excluding hydrogens is 436 g/mol. The summed E-state index contributed by atoms with van der Waals surface area (Å²) in [6.07, 6.45) is 1.11. The van der Waals surface area contributed by atoms with Gasteiger partial charge in [-0.1, -0.05) is 60.7 Å². The summed E-state index contributed by atoms with van der Waals surface area (Å²) >= 11 is 0. The molecule has 0 bridgehead atoms. The predicted octanol–water partition coefficient (Wildman–Crippen LogP) is 5.08. The molecule has 0 radical (unpaired) electrons. The van der Waals surface area contributed by atoms with Crippen molar-refractivity contribution >= 4 is 34.1 Å². The number of nitrogens with zero attached hydrogens (tertiary/aromatic N) is 1. The fourth-order valence-electron chi connectivity index (χ4n) is 4.57. The average molecular weight is 463 g/mol. The van der Waals surface area contributed by atoms with E-state index in [1.165, 1.54) is 4.90 Å². The molecule has 0 fully saturated rings. The van der Waals surface area contributed by atoms with Crippen LogP contribution in [-0.4, -0.2) is 35.6 Å². The second-order valence-electron chi connectivity index (χ2n) is 8.73. The standard InChI is InChI=1S/C29H26N4O2/c30-26(31)18-19-8-10-20(11-9-19)21-12-14-23(15-13-21)32-16-3-17-33-28(34)24-6-1-4-22-5-2-7-25(27(22)24)29(33)35/h1-2,4-15,32H,3,16-18H2,(H3,30,31). The van der Waals surface area contributed by atoms with E-state index >= 15 is 0 Å². The maximum Gasteiger partial charge on any atom is 0.261 e. The van der Waals surface area contributed by atoms with Gasteiger partial charge >= 0.3 is 0 Å². The fourth-order valence-corrected chi connectivity index (χ4v) is 4.57. The van der Waals surface area contributed by atoms with Gasteiger partial charge in [-0.2, -0.15) is 0 Å². The highest BCUT2D eigenvalue weighted by Gasteiger charge is 2.31. The third kappa shape index (κ3) is 4.51. The van der Waals surface area contributed by atoms with Gasteiger partial charge in [0.1, 0.15) is 0 Å². The first-order valence-electron chi connectivity index (χ1n) is 11.7. The summed E-state index contributed by atoms with van der Waals surface area (Å²) in [5.41, 5.74) is 10.9. The van der Waals surface area contributed by atoms with Crippen LogP contribution in [0.1, 0.15) is 32.7 Å². The Balaban J connectivity index is 1.18. The van der Waals surface area contributed by atoms with Crippen LogP contribution < -0.4 is 11.1 Å². The Hall–Kier alpha value is -4.45. The Morgan fingerprint density at radius 3 is 1.94 bits per heavy atom. The van der Waals surface area contributed by atoms with Gasteiger partial charge in [0.2, 0.25) is 0 Å². The molecule has 4 aromatic rings. The minimum Gasteiger partial charge on any atom is -0.387 e. The Kier molecular flexibility index (Phi) is 6.02. The molecule has 1 heterocycles. The van der Waals surface area contributed by atoms with E-state index in [0.717, 1.165) is 33.2 Å². The van der Waals surface area contributed by atoms with Gasteiger partial charge in [0.25, 0.3) is 11.8 Å². The third-order valence-electron chi connectivity index (χ3n) is 6.31. The molecule has 0 aromatic heterocycles. The van der Waals surface area contributed by atoms with Crippen molar-refractivity contribution in [3.05, 3.63) is 102 Å². The van der Waals surface area contributed by atoms with Crippen molar-refractivity contribution in [2.24, 2.45) is 5.73 Å². The van der Waals surface area contributed by atoms with E-state index < -0.39 is 0 Å². The zero-order valence-electron chi connectivity index (χ0n) is 19.3. The number of amidine groups is 1. The average Bonchev–Trinajstić information content (AvgIpc) is 2.87. The zero-order valence-corrected chi connectivity index (χ0v) is 19.3. The molecular formula is C29H26N4O2. The maximum absolute atomic E-state index is 13.0. The van der Waals surface area contributed by atoms with Crippen LogP contribution in [0.15, 0.2) is 84.9 Å². The van der Waals surface area contributed by atoms with E-state index in [2.05, 4.69) is 17.4 Å². The van der Waals surface area contributed by atoms with Crippen LogP contribution in [0.3, 0.4) is 0 Å². The molecule has 0 atom stereocenters. The summed E-state index contributed by atoms with van der Waals surface area (Å²) in [5.74, 6) is -0.291. The molecule has 35 heavy (non-hydrogen) atoms. The van der Waals surface area contributed by atoms with E-state index in [9.17, 15) is 9.59 Å². The van der Waals surface area contributed by atoms with Crippen LogP contribution >= 0.6 is 0 Å². The van der Waals surface area contributed by atoms with E-state index in [-0.39, 0.29) is 17.6 Å². The van der Waals surface area contributed by atoms with Crippen LogP contribution in [0.25, 0.3) is 21.9 Å². The molecule has 174 valence electrons. The number of rotatable bonds is 8. The lowest BCUT2D eigenvalue weighted by molar-refractivity contribution is 0.0610. The minimum atomic E-state index is -0.224. The summed E-state index contributed by atoms with van der Waals surface area (Å²) in [7, 11) is 0. The van der Waals surface area contributed by atoms with Gasteiger partial charge in [-0.05, 0) is 52.8 Å². The number of hydrogen-bond donors (Lipinski definition) is 3. The van der Waals surface area contributed by atoms with Gasteiger partial charge < -0.3 is 11.1 Å². The van der Waals surface area contributed by atoms with Gasteiger partial charge in [0.05, 0.1) is 5.84 Å². The first-order valence-corrected chi connectivity index (χ1v) is 11.7. The van der Waals surface area contributed by atoms with Crippen molar-refractivity contribution in [2.45, 2.75) is 12.8 Å². The van der Waals surface area contributed by atoms with Crippen LogP contribution in [0.5, 0.6) is 0 Å². The molecule has 1 aliphatic heterocycles. The third-order valence-corrected chi connectivity index (χ3v) is 6.31. The van der Waals surface area contributed by atoms with Crippen molar-refractivity contribution in [3.63, 3.8) is 0 Å². The molecule has 2 amide bonds.